The van der Waals surface area contributed by atoms with E-state index in [2.05, 4.69) is 35.4 Å². The Kier molecular flexibility index (Phi) is 7.36. The number of benzene rings is 1. The molecule has 128 valence electrons. The van der Waals surface area contributed by atoms with Crippen LogP contribution < -0.4 is 10.6 Å². The summed E-state index contributed by atoms with van der Waals surface area (Å²) >= 11 is 0. The summed E-state index contributed by atoms with van der Waals surface area (Å²) < 4.78 is 5.56. The largest absolute Gasteiger partial charge is 0.378 e. The average molecular weight is 319 g/mol. The lowest BCUT2D eigenvalue weighted by Gasteiger charge is -2.20. The maximum atomic E-state index is 12.1. The van der Waals surface area contributed by atoms with Crippen molar-refractivity contribution in [3.8, 4) is 0 Å². The lowest BCUT2D eigenvalue weighted by Crippen LogP contribution is -2.32. The van der Waals surface area contributed by atoms with E-state index >= 15 is 0 Å². The van der Waals surface area contributed by atoms with Gasteiger partial charge in [0.25, 0.3) is 0 Å². The van der Waals surface area contributed by atoms with Crippen LogP contribution in [0.1, 0.15) is 38.7 Å². The van der Waals surface area contributed by atoms with Crippen molar-refractivity contribution in [2.75, 3.05) is 31.6 Å². The van der Waals surface area contributed by atoms with Crippen LogP contribution in [0.25, 0.3) is 0 Å². The molecule has 0 saturated carbocycles. The second-order valence-electron chi connectivity index (χ2n) is 5.92. The molecule has 0 spiro atoms. The molecule has 0 unspecified atom stereocenters. The summed E-state index contributed by atoms with van der Waals surface area (Å²) in [4.78, 5) is 14.4. The van der Waals surface area contributed by atoms with E-state index in [9.17, 15) is 4.79 Å². The van der Waals surface area contributed by atoms with Gasteiger partial charge < -0.3 is 15.4 Å². The number of nitrogens with one attached hydrogen (secondary N) is 2. The second-order valence-corrected chi connectivity index (χ2v) is 5.92. The van der Waals surface area contributed by atoms with Crippen LogP contribution in [0.3, 0.4) is 0 Å². The molecule has 1 aromatic carbocycles. The van der Waals surface area contributed by atoms with Crippen LogP contribution in [0.4, 0.5) is 10.5 Å². The number of amides is 2. The van der Waals surface area contributed by atoms with Crippen molar-refractivity contribution in [1.29, 1.82) is 0 Å². The number of ether oxygens (including phenoxy) is 1. The van der Waals surface area contributed by atoms with Crippen LogP contribution >= 0.6 is 0 Å². The van der Waals surface area contributed by atoms with E-state index in [1.54, 1.807) is 0 Å². The van der Waals surface area contributed by atoms with Gasteiger partial charge in [0.2, 0.25) is 0 Å². The number of carbonyl (C=O) groups excluding carboxylic acids is 1. The maximum Gasteiger partial charge on any atom is 0.319 e. The molecule has 1 heterocycles. The van der Waals surface area contributed by atoms with Gasteiger partial charge in [-0.2, -0.15) is 0 Å². The van der Waals surface area contributed by atoms with Gasteiger partial charge >= 0.3 is 6.03 Å². The summed E-state index contributed by atoms with van der Waals surface area (Å²) in [7, 11) is 0. The Morgan fingerprint density at radius 1 is 1.30 bits per heavy atom. The average Bonchev–Trinajstić information content (AvgIpc) is 3.07. The molecule has 23 heavy (non-hydrogen) atoms. The Hall–Kier alpha value is -1.59. The first-order valence-electron chi connectivity index (χ1n) is 8.69. The Morgan fingerprint density at radius 2 is 2.09 bits per heavy atom. The summed E-state index contributed by atoms with van der Waals surface area (Å²) in [5, 5.41) is 5.89. The maximum absolute atomic E-state index is 12.1. The van der Waals surface area contributed by atoms with Crippen LogP contribution in [-0.4, -0.2) is 43.3 Å². The predicted molar refractivity (Wildman–Crippen MR) is 93.7 cm³/mol. The fraction of sp³-hybridized carbons (Fsp3) is 0.611. The van der Waals surface area contributed by atoms with Crippen molar-refractivity contribution in [3.63, 3.8) is 0 Å². The number of rotatable bonds is 8. The molecule has 1 aromatic rings. The Morgan fingerprint density at radius 3 is 2.78 bits per heavy atom. The molecule has 2 rings (SSSR count). The molecule has 1 aliphatic rings. The molecular formula is C18H29N3O2. The standard InChI is InChI=1S/C18H29N3O2/c1-3-21(4-2)14-15-8-5-6-10-17(15)20-18(22)19-12-11-16-9-7-13-23-16/h5-6,8,10,16H,3-4,7,9,11-14H2,1-2H3,(H2,19,20,22)/t16-/m1/s1. The molecule has 1 saturated heterocycles. The number of anilines is 1. The monoisotopic (exact) mass is 319 g/mol. The van der Waals surface area contributed by atoms with Crippen LogP contribution in [0.2, 0.25) is 0 Å². The van der Waals surface area contributed by atoms with Crippen molar-refractivity contribution in [3.05, 3.63) is 29.8 Å². The Balaban J connectivity index is 1.82. The third-order valence-electron chi connectivity index (χ3n) is 4.33. The number of hydrogen-bond acceptors (Lipinski definition) is 3. The Bertz CT molecular complexity index is 483. The van der Waals surface area contributed by atoms with Crippen molar-refractivity contribution in [1.82, 2.24) is 10.2 Å². The van der Waals surface area contributed by atoms with E-state index in [-0.39, 0.29) is 6.03 Å². The molecular weight excluding hydrogens is 290 g/mol. The Labute approximate surface area is 139 Å². The highest BCUT2D eigenvalue weighted by molar-refractivity contribution is 5.90. The molecule has 1 fully saturated rings. The van der Waals surface area contributed by atoms with E-state index in [4.69, 9.17) is 4.74 Å². The first kappa shape index (κ1) is 17.8. The lowest BCUT2D eigenvalue weighted by atomic mass is 10.1. The van der Waals surface area contributed by atoms with E-state index in [0.717, 1.165) is 56.8 Å². The van der Waals surface area contributed by atoms with E-state index in [1.165, 1.54) is 0 Å². The molecule has 0 aliphatic carbocycles. The zero-order chi connectivity index (χ0) is 16.5. The van der Waals surface area contributed by atoms with Gasteiger partial charge in [0, 0.05) is 25.4 Å². The summed E-state index contributed by atoms with van der Waals surface area (Å²) in [5.74, 6) is 0. The summed E-state index contributed by atoms with van der Waals surface area (Å²) in [6.07, 6.45) is 3.44. The minimum Gasteiger partial charge on any atom is -0.378 e. The van der Waals surface area contributed by atoms with Gasteiger partial charge in [0.05, 0.1) is 6.10 Å². The molecule has 1 aliphatic heterocycles. The topological polar surface area (TPSA) is 53.6 Å². The molecule has 2 N–H and O–H groups in total. The van der Waals surface area contributed by atoms with Crippen LogP contribution in [0.5, 0.6) is 0 Å². The molecule has 5 nitrogen and oxygen atoms in total. The number of urea groups is 1. The highest BCUT2D eigenvalue weighted by atomic mass is 16.5. The molecule has 0 radical (unpaired) electrons. The lowest BCUT2D eigenvalue weighted by molar-refractivity contribution is 0.105. The highest BCUT2D eigenvalue weighted by Crippen LogP contribution is 2.17. The van der Waals surface area contributed by atoms with E-state index < -0.39 is 0 Å². The molecule has 1 atom stereocenters. The van der Waals surface area contributed by atoms with Gasteiger partial charge in [0.15, 0.2) is 0 Å². The third-order valence-corrected chi connectivity index (χ3v) is 4.33. The van der Waals surface area contributed by atoms with Crippen molar-refractivity contribution >= 4 is 11.7 Å². The van der Waals surface area contributed by atoms with Gasteiger partial charge in [0.1, 0.15) is 0 Å². The number of hydrogen-bond donors (Lipinski definition) is 2. The number of para-hydroxylation sites is 1. The molecule has 0 aromatic heterocycles. The minimum absolute atomic E-state index is 0.144. The normalized spacial score (nSPS) is 17.4. The fourth-order valence-corrected chi connectivity index (χ4v) is 2.85. The van der Waals surface area contributed by atoms with Gasteiger partial charge in [-0.1, -0.05) is 32.0 Å². The SMILES string of the molecule is CCN(CC)Cc1ccccc1NC(=O)NCC[C@H]1CCCO1. The fourth-order valence-electron chi connectivity index (χ4n) is 2.85. The van der Waals surface area contributed by atoms with Crippen molar-refractivity contribution in [2.24, 2.45) is 0 Å². The van der Waals surface area contributed by atoms with Crippen molar-refractivity contribution < 1.29 is 9.53 Å². The van der Waals surface area contributed by atoms with E-state index in [1.807, 2.05) is 18.2 Å². The quantitative estimate of drug-likeness (QED) is 0.773. The van der Waals surface area contributed by atoms with Crippen LogP contribution in [-0.2, 0) is 11.3 Å². The van der Waals surface area contributed by atoms with Gasteiger partial charge in [-0.05, 0) is 44.0 Å². The number of carbonyl (C=O) groups is 1. The second kappa shape index (κ2) is 9.53. The minimum atomic E-state index is -0.144. The third kappa shape index (κ3) is 5.84. The van der Waals surface area contributed by atoms with Crippen LogP contribution in [0.15, 0.2) is 24.3 Å². The summed E-state index contributed by atoms with van der Waals surface area (Å²) in [6.45, 7) is 8.65. The predicted octanol–water partition coefficient (Wildman–Crippen LogP) is 3.22. The first-order chi connectivity index (χ1) is 11.2. The van der Waals surface area contributed by atoms with Crippen LogP contribution in [0, 0.1) is 0 Å². The summed E-state index contributed by atoms with van der Waals surface area (Å²) in [5.41, 5.74) is 2.03. The highest BCUT2D eigenvalue weighted by Gasteiger charge is 2.15. The van der Waals surface area contributed by atoms with Gasteiger partial charge in [-0.3, -0.25) is 4.90 Å². The van der Waals surface area contributed by atoms with Gasteiger partial charge in [-0.15, -0.1) is 0 Å². The van der Waals surface area contributed by atoms with Crippen molar-refractivity contribution in [2.45, 2.75) is 45.8 Å². The summed E-state index contributed by atoms with van der Waals surface area (Å²) in [6, 6.07) is 7.85. The molecule has 0 bridgehead atoms. The number of nitrogens with zero attached hydrogens (tertiary/aromatic N) is 1. The van der Waals surface area contributed by atoms with E-state index in [0.29, 0.717) is 12.6 Å². The zero-order valence-corrected chi connectivity index (χ0v) is 14.3. The molecule has 5 heteroatoms. The first-order valence-corrected chi connectivity index (χ1v) is 8.69. The zero-order valence-electron chi connectivity index (χ0n) is 14.3. The smallest absolute Gasteiger partial charge is 0.319 e. The van der Waals surface area contributed by atoms with Gasteiger partial charge in [-0.25, -0.2) is 4.79 Å². The molecule has 2 amide bonds.